The van der Waals surface area contributed by atoms with E-state index in [4.69, 9.17) is 16.3 Å². The molecule has 23 heavy (non-hydrogen) atoms. The Morgan fingerprint density at radius 3 is 2.70 bits per heavy atom. The Morgan fingerprint density at radius 2 is 2.00 bits per heavy atom. The van der Waals surface area contributed by atoms with Gasteiger partial charge >= 0.3 is 6.03 Å². The van der Waals surface area contributed by atoms with Gasteiger partial charge in [0.15, 0.2) is 0 Å². The normalized spacial score (nSPS) is 16.7. The number of anilines is 1. The summed E-state index contributed by atoms with van der Waals surface area (Å²) in [7, 11) is 1.65. The van der Waals surface area contributed by atoms with Crippen LogP contribution in [0.5, 0.6) is 5.75 Å². The van der Waals surface area contributed by atoms with Gasteiger partial charge in [-0.3, -0.25) is 0 Å². The predicted octanol–water partition coefficient (Wildman–Crippen LogP) is 4.50. The van der Waals surface area contributed by atoms with Crippen molar-refractivity contribution in [2.75, 3.05) is 19.0 Å². The molecule has 1 atom stereocenters. The number of hydrogen-bond donors (Lipinski definition) is 1. The van der Waals surface area contributed by atoms with Gasteiger partial charge in [0.05, 0.1) is 13.2 Å². The van der Waals surface area contributed by atoms with Gasteiger partial charge in [-0.2, -0.15) is 0 Å². The molecule has 0 bridgehead atoms. The highest BCUT2D eigenvalue weighted by molar-refractivity contribution is 6.30. The smallest absolute Gasteiger partial charge is 0.322 e. The summed E-state index contributed by atoms with van der Waals surface area (Å²) in [5, 5.41) is 3.57. The fourth-order valence-corrected chi connectivity index (χ4v) is 3.05. The molecule has 1 heterocycles. The SMILES string of the molecule is COc1ccc2c(c1)C(C)N(C(=O)Nc1ccc(Cl)cc1)CC2. The molecule has 4 nitrogen and oxygen atoms in total. The minimum absolute atomic E-state index is 0.00107. The molecule has 2 aromatic rings. The number of rotatable bonds is 2. The fraction of sp³-hybridized carbons (Fsp3) is 0.278. The van der Waals surface area contributed by atoms with Crippen LogP contribution in [0.3, 0.4) is 0 Å². The Labute approximate surface area is 141 Å². The first kappa shape index (κ1) is 15.7. The molecule has 0 saturated carbocycles. The van der Waals surface area contributed by atoms with Gasteiger partial charge in [0.25, 0.3) is 0 Å². The lowest BCUT2D eigenvalue weighted by atomic mass is 9.93. The molecule has 0 fully saturated rings. The number of ether oxygens (including phenoxy) is 1. The van der Waals surface area contributed by atoms with Gasteiger partial charge in [0.1, 0.15) is 5.75 Å². The van der Waals surface area contributed by atoms with Gasteiger partial charge < -0.3 is 15.0 Å². The van der Waals surface area contributed by atoms with Gasteiger partial charge in [-0.25, -0.2) is 4.79 Å². The first-order chi connectivity index (χ1) is 11.1. The molecule has 0 aromatic heterocycles. The van der Waals surface area contributed by atoms with E-state index in [1.54, 1.807) is 31.4 Å². The van der Waals surface area contributed by atoms with Gasteiger partial charge in [-0.1, -0.05) is 17.7 Å². The van der Waals surface area contributed by atoms with Crippen molar-refractivity contribution in [3.8, 4) is 5.75 Å². The second-order valence-electron chi connectivity index (χ2n) is 5.62. The maximum absolute atomic E-state index is 12.6. The van der Waals surface area contributed by atoms with E-state index in [2.05, 4.69) is 11.4 Å². The molecule has 1 aliphatic rings. The zero-order valence-corrected chi connectivity index (χ0v) is 13.9. The molecule has 120 valence electrons. The van der Waals surface area contributed by atoms with Crippen molar-refractivity contribution in [1.82, 2.24) is 4.90 Å². The maximum Gasteiger partial charge on any atom is 0.322 e. The summed E-state index contributed by atoms with van der Waals surface area (Å²) >= 11 is 5.87. The summed E-state index contributed by atoms with van der Waals surface area (Å²) in [4.78, 5) is 14.4. The zero-order chi connectivity index (χ0) is 16.4. The molecule has 1 aliphatic heterocycles. The lowest BCUT2D eigenvalue weighted by Crippen LogP contribution is -2.41. The van der Waals surface area contributed by atoms with E-state index in [0.29, 0.717) is 11.6 Å². The van der Waals surface area contributed by atoms with E-state index in [-0.39, 0.29) is 12.1 Å². The number of benzene rings is 2. The minimum Gasteiger partial charge on any atom is -0.497 e. The van der Waals surface area contributed by atoms with Crippen molar-refractivity contribution >= 4 is 23.3 Å². The number of halogens is 1. The number of methoxy groups -OCH3 is 1. The fourth-order valence-electron chi connectivity index (χ4n) is 2.92. The molecule has 0 aliphatic carbocycles. The summed E-state index contributed by atoms with van der Waals surface area (Å²) in [5.74, 6) is 0.815. The second-order valence-corrected chi connectivity index (χ2v) is 6.06. The zero-order valence-electron chi connectivity index (χ0n) is 13.2. The van der Waals surface area contributed by atoms with Gasteiger partial charge in [0, 0.05) is 17.3 Å². The van der Waals surface area contributed by atoms with Crippen molar-refractivity contribution in [3.05, 3.63) is 58.6 Å². The average Bonchev–Trinajstić information content (AvgIpc) is 2.57. The summed E-state index contributed by atoms with van der Waals surface area (Å²) < 4.78 is 5.30. The van der Waals surface area contributed by atoms with Crippen LogP contribution < -0.4 is 10.1 Å². The highest BCUT2D eigenvalue weighted by Crippen LogP contribution is 2.32. The highest BCUT2D eigenvalue weighted by atomic mass is 35.5. The number of nitrogens with zero attached hydrogens (tertiary/aromatic N) is 1. The van der Waals surface area contributed by atoms with E-state index in [1.807, 2.05) is 24.0 Å². The van der Waals surface area contributed by atoms with Gasteiger partial charge in [-0.05, 0) is 60.9 Å². The van der Waals surface area contributed by atoms with Crippen LogP contribution in [0.1, 0.15) is 24.1 Å². The van der Waals surface area contributed by atoms with Crippen molar-refractivity contribution in [2.24, 2.45) is 0 Å². The minimum atomic E-state index is -0.103. The number of amides is 2. The molecule has 5 heteroatoms. The van der Waals surface area contributed by atoms with Crippen LogP contribution in [0.15, 0.2) is 42.5 Å². The third-order valence-electron chi connectivity index (χ3n) is 4.25. The number of urea groups is 1. The van der Waals surface area contributed by atoms with Crippen molar-refractivity contribution in [1.29, 1.82) is 0 Å². The summed E-state index contributed by atoms with van der Waals surface area (Å²) in [5.41, 5.74) is 3.15. The largest absolute Gasteiger partial charge is 0.497 e. The predicted molar refractivity (Wildman–Crippen MR) is 92.3 cm³/mol. The Bertz CT molecular complexity index is 715. The van der Waals surface area contributed by atoms with Crippen molar-refractivity contribution in [3.63, 3.8) is 0 Å². The lowest BCUT2D eigenvalue weighted by Gasteiger charge is -2.35. The van der Waals surface area contributed by atoms with E-state index < -0.39 is 0 Å². The van der Waals surface area contributed by atoms with Crippen LogP contribution >= 0.6 is 11.6 Å². The van der Waals surface area contributed by atoms with Crippen LogP contribution in [0.25, 0.3) is 0 Å². The third kappa shape index (κ3) is 3.27. The molecule has 0 radical (unpaired) electrons. The number of nitrogens with one attached hydrogen (secondary N) is 1. The Morgan fingerprint density at radius 1 is 1.26 bits per heavy atom. The first-order valence-electron chi connectivity index (χ1n) is 7.58. The molecule has 0 spiro atoms. The molecular formula is C18H19ClN2O2. The molecule has 2 amide bonds. The lowest BCUT2D eigenvalue weighted by molar-refractivity contribution is 0.188. The maximum atomic E-state index is 12.6. The Kier molecular flexibility index (Phi) is 4.44. The van der Waals surface area contributed by atoms with Gasteiger partial charge in [-0.15, -0.1) is 0 Å². The van der Waals surface area contributed by atoms with Crippen LogP contribution in [0, 0.1) is 0 Å². The Balaban J connectivity index is 1.78. The van der Waals surface area contributed by atoms with Crippen molar-refractivity contribution < 1.29 is 9.53 Å². The molecule has 1 unspecified atom stereocenters. The van der Waals surface area contributed by atoms with E-state index in [1.165, 1.54) is 5.56 Å². The second kappa shape index (κ2) is 6.50. The molecule has 3 rings (SSSR count). The van der Waals surface area contributed by atoms with E-state index in [0.717, 1.165) is 23.4 Å². The van der Waals surface area contributed by atoms with Crippen molar-refractivity contribution in [2.45, 2.75) is 19.4 Å². The van der Waals surface area contributed by atoms with E-state index >= 15 is 0 Å². The molecular weight excluding hydrogens is 312 g/mol. The topological polar surface area (TPSA) is 41.6 Å². The standard InChI is InChI=1S/C18H19ClN2O2/c1-12-17-11-16(23-2)8-3-13(17)9-10-21(12)18(22)20-15-6-4-14(19)5-7-15/h3-8,11-12H,9-10H2,1-2H3,(H,20,22). The van der Waals surface area contributed by atoms with Gasteiger partial charge in [0.2, 0.25) is 0 Å². The number of carbonyl (C=O) groups is 1. The van der Waals surface area contributed by atoms with Crippen LogP contribution in [-0.4, -0.2) is 24.6 Å². The molecule has 2 aromatic carbocycles. The van der Waals surface area contributed by atoms with E-state index in [9.17, 15) is 4.79 Å². The number of carbonyl (C=O) groups excluding carboxylic acids is 1. The highest BCUT2D eigenvalue weighted by Gasteiger charge is 2.28. The third-order valence-corrected chi connectivity index (χ3v) is 4.50. The average molecular weight is 331 g/mol. The molecule has 1 N–H and O–H groups in total. The number of hydrogen-bond acceptors (Lipinski definition) is 2. The molecule has 0 saturated heterocycles. The number of fused-ring (bicyclic) bond motifs is 1. The Hall–Kier alpha value is -2.20. The van der Waals surface area contributed by atoms with Crippen LogP contribution in [0.2, 0.25) is 5.02 Å². The van der Waals surface area contributed by atoms with Crippen LogP contribution in [0.4, 0.5) is 10.5 Å². The first-order valence-corrected chi connectivity index (χ1v) is 7.96. The van der Waals surface area contributed by atoms with Crippen LogP contribution in [-0.2, 0) is 6.42 Å². The quantitative estimate of drug-likeness (QED) is 0.880. The monoisotopic (exact) mass is 330 g/mol. The summed E-state index contributed by atoms with van der Waals surface area (Å²) in [6.45, 7) is 2.73. The summed E-state index contributed by atoms with van der Waals surface area (Å²) in [6.07, 6.45) is 0.845. The summed E-state index contributed by atoms with van der Waals surface area (Å²) in [6, 6.07) is 13.1.